The van der Waals surface area contributed by atoms with Crippen molar-refractivity contribution in [1.29, 1.82) is 0 Å². The minimum absolute atomic E-state index is 0.213. The van der Waals surface area contributed by atoms with Crippen LogP contribution in [-0.4, -0.2) is 37.0 Å². The molecule has 0 aromatic rings. The Morgan fingerprint density at radius 1 is 0.453 bits per heavy atom. The summed E-state index contributed by atoms with van der Waals surface area (Å²) in [5.74, 6) is -0.272. The summed E-state index contributed by atoms with van der Waals surface area (Å²) in [6.07, 6.45) is 67.9. The number of ether oxygens (including phenoxy) is 2. The first-order valence-electron chi connectivity index (χ1n) is 20.8. The molecule has 0 saturated heterocycles. The van der Waals surface area contributed by atoms with Crippen LogP contribution in [0.1, 0.15) is 142 Å². The van der Waals surface area contributed by atoms with E-state index in [4.69, 9.17) is 9.47 Å². The third kappa shape index (κ3) is 42.8. The minimum atomic E-state index is -0.586. The monoisotopic (exact) mass is 729 g/mol. The molecule has 0 aromatic heterocycles. The highest BCUT2D eigenvalue weighted by Gasteiger charge is 2.13. The Labute approximate surface area is 326 Å². The second-order valence-corrected chi connectivity index (χ2v) is 12.9. The first-order valence-corrected chi connectivity index (χ1v) is 20.8. The number of aliphatic hydroxyl groups is 1. The maximum absolute atomic E-state index is 12.2. The maximum Gasteiger partial charge on any atom is 0.306 e. The van der Waals surface area contributed by atoms with Crippen LogP contribution < -0.4 is 0 Å². The van der Waals surface area contributed by atoms with E-state index in [1.807, 2.05) is 0 Å². The van der Waals surface area contributed by atoms with Crippen LogP contribution in [0.3, 0.4) is 0 Å². The van der Waals surface area contributed by atoms with E-state index in [-0.39, 0.29) is 19.2 Å². The van der Waals surface area contributed by atoms with E-state index >= 15 is 0 Å². The highest BCUT2D eigenvalue weighted by molar-refractivity contribution is 5.69. The maximum atomic E-state index is 12.2. The van der Waals surface area contributed by atoms with Crippen molar-refractivity contribution in [3.8, 4) is 0 Å². The summed E-state index contributed by atoms with van der Waals surface area (Å²) in [4.78, 5) is 12.2. The summed E-state index contributed by atoms with van der Waals surface area (Å²) in [6.45, 7) is 4.98. The third-order valence-corrected chi connectivity index (χ3v) is 7.97. The van der Waals surface area contributed by atoms with Gasteiger partial charge in [-0.25, -0.2) is 0 Å². The predicted molar refractivity (Wildman–Crippen MR) is 232 cm³/mol. The van der Waals surface area contributed by atoms with Crippen molar-refractivity contribution in [2.45, 2.75) is 148 Å². The predicted octanol–water partition coefficient (Wildman–Crippen LogP) is 13.9. The van der Waals surface area contributed by atoms with E-state index in [2.05, 4.69) is 148 Å². The normalized spacial score (nSPS) is 13.8. The Hall–Kier alpha value is -3.47. The van der Waals surface area contributed by atoms with Crippen molar-refractivity contribution in [2.24, 2.45) is 0 Å². The van der Waals surface area contributed by atoms with E-state index in [0.717, 1.165) is 103 Å². The molecule has 0 aromatic carbocycles. The van der Waals surface area contributed by atoms with Crippen LogP contribution in [0.15, 0.2) is 134 Å². The molecule has 0 bridgehead atoms. The van der Waals surface area contributed by atoms with Crippen LogP contribution >= 0.6 is 0 Å². The summed E-state index contributed by atoms with van der Waals surface area (Å²) in [6, 6.07) is 0. The van der Waals surface area contributed by atoms with Gasteiger partial charge in [-0.2, -0.15) is 0 Å². The van der Waals surface area contributed by atoms with Crippen molar-refractivity contribution in [3.05, 3.63) is 134 Å². The molecule has 4 heteroatoms. The van der Waals surface area contributed by atoms with Crippen LogP contribution in [0.5, 0.6) is 0 Å². The van der Waals surface area contributed by atoms with E-state index in [1.54, 1.807) is 0 Å². The molecule has 4 nitrogen and oxygen atoms in total. The van der Waals surface area contributed by atoms with Crippen LogP contribution in [0, 0.1) is 0 Å². The number of allylic oxidation sites excluding steroid dienone is 22. The van der Waals surface area contributed by atoms with Crippen LogP contribution in [0.4, 0.5) is 0 Å². The average Bonchev–Trinajstić information content (AvgIpc) is 3.16. The first-order chi connectivity index (χ1) is 26.2. The topological polar surface area (TPSA) is 55.8 Å². The molecule has 0 heterocycles. The van der Waals surface area contributed by atoms with Gasteiger partial charge >= 0.3 is 5.97 Å². The standard InChI is InChI=1S/C49H76O4/c1-3-5-7-9-11-13-15-17-19-21-23-24-25-26-27-28-30-32-34-36-38-40-42-44-49(51)53-48(46-50)47-52-45-43-41-39-37-35-33-31-29-22-20-18-16-14-12-10-8-6-4-2/h5-8,11-14,17-20,23-24,26-27,29-32,36,38,48,50H,3-4,9-10,15-16,21-22,25,28,33-35,37,39-47H2,1-2H3/b7-5-,8-6-,13-11-,14-12-,19-17-,20-18-,24-23-,27-26-,31-29-,32-30-,38-36-. The second-order valence-electron chi connectivity index (χ2n) is 12.9. The minimum Gasteiger partial charge on any atom is -0.457 e. The zero-order valence-electron chi connectivity index (χ0n) is 33.7. The van der Waals surface area contributed by atoms with Crippen LogP contribution in [0.25, 0.3) is 0 Å². The zero-order chi connectivity index (χ0) is 38.4. The van der Waals surface area contributed by atoms with Gasteiger partial charge in [-0.1, -0.05) is 167 Å². The molecule has 0 aliphatic rings. The molecule has 0 aliphatic carbocycles. The number of unbranched alkanes of at least 4 members (excludes halogenated alkanes) is 6. The van der Waals surface area contributed by atoms with E-state index in [1.165, 1.54) is 19.3 Å². The quantitative estimate of drug-likeness (QED) is 0.0396. The van der Waals surface area contributed by atoms with Crippen molar-refractivity contribution < 1.29 is 19.4 Å². The second kappa shape index (κ2) is 44.7. The first kappa shape index (κ1) is 49.5. The summed E-state index contributed by atoms with van der Waals surface area (Å²) in [5.41, 5.74) is 0. The van der Waals surface area contributed by atoms with Gasteiger partial charge in [0.2, 0.25) is 0 Å². The van der Waals surface area contributed by atoms with Crippen molar-refractivity contribution in [3.63, 3.8) is 0 Å². The SMILES string of the molecule is CC/C=C\C/C=C\C/C=C\C/C=C\C/C=C\C/C=C\C/C=C\CCCC(=O)OC(CO)COCCCCCCC/C=C\C/C=C\C/C=C\C/C=C\CC. The summed E-state index contributed by atoms with van der Waals surface area (Å²) < 4.78 is 11.1. The number of esters is 1. The average molecular weight is 729 g/mol. The molecule has 0 amide bonds. The largest absolute Gasteiger partial charge is 0.457 e. The molecule has 0 saturated carbocycles. The van der Waals surface area contributed by atoms with Crippen molar-refractivity contribution in [1.82, 2.24) is 0 Å². The highest BCUT2D eigenvalue weighted by atomic mass is 16.6. The molecule has 0 aliphatic heterocycles. The summed E-state index contributed by atoms with van der Waals surface area (Å²) in [5, 5.41) is 9.59. The van der Waals surface area contributed by atoms with Gasteiger partial charge in [0.25, 0.3) is 0 Å². The number of hydrogen-bond acceptors (Lipinski definition) is 4. The molecule has 0 radical (unpaired) electrons. The molecule has 0 fully saturated rings. The lowest BCUT2D eigenvalue weighted by Gasteiger charge is -2.15. The summed E-state index contributed by atoms with van der Waals surface area (Å²) >= 11 is 0. The lowest BCUT2D eigenvalue weighted by Crippen LogP contribution is -2.27. The lowest BCUT2D eigenvalue weighted by atomic mass is 10.1. The Kier molecular flexibility index (Phi) is 41.8. The molecule has 1 N–H and O–H groups in total. The zero-order valence-corrected chi connectivity index (χ0v) is 33.7. The van der Waals surface area contributed by atoms with Crippen molar-refractivity contribution in [2.75, 3.05) is 19.8 Å². The van der Waals surface area contributed by atoms with Gasteiger partial charge in [0, 0.05) is 13.0 Å². The van der Waals surface area contributed by atoms with Gasteiger partial charge in [0.15, 0.2) is 0 Å². The molecule has 0 spiro atoms. The Bertz CT molecular complexity index is 1130. The molecule has 1 unspecified atom stereocenters. The van der Waals surface area contributed by atoms with E-state index in [0.29, 0.717) is 13.0 Å². The fourth-order valence-corrected chi connectivity index (χ4v) is 4.95. The Morgan fingerprint density at radius 3 is 1.19 bits per heavy atom. The number of carbonyl (C=O) groups is 1. The van der Waals surface area contributed by atoms with E-state index in [9.17, 15) is 9.90 Å². The van der Waals surface area contributed by atoms with Crippen molar-refractivity contribution >= 4 is 5.97 Å². The van der Waals surface area contributed by atoms with Gasteiger partial charge in [0.05, 0.1) is 13.2 Å². The number of aliphatic hydroxyl groups excluding tert-OH is 1. The Balaban J connectivity index is 3.67. The molecule has 296 valence electrons. The van der Waals surface area contributed by atoms with Gasteiger partial charge < -0.3 is 14.6 Å². The van der Waals surface area contributed by atoms with Gasteiger partial charge in [-0.3, -0.25) is 4.79 Å². The van der Waals surface area contributed by atoms with Gasteiger partial charge in [-0.05, 0) is 103 Å². The molecule has 53 heavy (non-hydrogen) atoms. The molecular formula is C49H76O4. The number of carbonyl (C=O) groups excluding carboxylic acids is 1. The molecule has 0 rings (SSSR count). The molecule has 1 atom stereocenters. The summed E-state index contributed by atoms with van der Waals surface area (Å²) in [7, 11) is 0. The van der Waals surface area contributed by atoms with Crippen LogP contribution in [-0.2, 0) is 14.3 Å². The number of hydrogen-bond donors (Lipinski definition) is 1. The Morgan fingerprint density at radius 2 is 0.792 bits per heavy atom. The lowest BCUT2D eigenvalue weighted by molar-refractivity contribution is -0.154. The van der Waals surface area contributed by atoms with Gasteiger partial charge in [0.1, 0.15) is 6.10 Å². The van der Waals surface area contributed by atoms with Gasteiger partial charge in [-0.15, -0.1) is 0 Å². The fraction of sp³-hybridized carbons (Fsp3) is 0.531. The highest BCUT2D eigenvalue weighted by Crippen LogP contribution is 2.08. The third-order valence-electron chi connectivity index (χ3n) is 7.97. The molecular weight excluding hydrogens is 653 g/mol. The van der Waals surface area contributed by atoms with E-state index < -0.39 is 6.10 Å². The number of rotatable bonds is 36. The fourth-order valence-electron chi connectivity index (χ4n) is 4.95. The smallest absolute Gasteiger partial charge is 0.306 e. The van der Waals surface area contributed by atoms with Crippen LogP contribution in [0.2, 0.25) is 0 Å².